The molecule has 25 heavy (non-hydrogen) atoms. The molecule has 0 radical (unpaired) electrons. The fraction of sp³-hybridized carbons (Fsp3) is 0.350. The zero-order valence-corrected chi connectivity index (χ0v) is 15.0. The quantitative estimate of drug-likeness (QED) is 0.790. The summed E-state index contributed by atoms with van der Waals surface area (Å²) in [6.07, 6.45) is 1.96. The lowest BCUT2D eigenvalue weighted by Crippen LogP contribution is -2.33. The van der Waals surface area contributed by atoms with E-state index in [1.807, 2.05) is 0 Å². The van der Waals surface area contributed by atoms with Crippen molar-refractivity contribution in [1.29, 1.82) is 0 Å². The van der Waals surface area contributed by atoms with Gasteiger partial charge >= 0.3 is 0 Å². The maximum Gasteiger partial charge on any atom is 0.224 e. The molecular weight excluding hydrogens is 339 g/mol. The van der Waals surface area contributed by atoms with Gasteiger partial charge in [-0.15, -0.1) is 0 Å². The van der Waals surface area contributed by atoms with Gasteiger partial charge in [-0.1, -0.05) is 35.9 Å². The molecule has 1 atom stereocenters. The van der Waals surface area contributed by atoms with E-state index in [9.17, 15) is 9.18 Å². The first-order valence-electron chi connectivity index (χ1n) is 8.60. The third-order valence-corrected chi connectivity index (χ3v) is 4.85. The molecule has 132 valence electrons. The lowest BCUT2D eigenvalue weighted by atomic mass is 10.1. The van der Waals surface area contributed by atoms with Crippen molar-refractivity contribution in [2.75, 3.05) is 18.0 Å². The average molecular weight is 361 g/mol. The summed E-state index contributed by atoms with van der Waals surface area (Å²) in [5.74, 6) is -0.610. The highest BCUT2D eigenvalue weighted by Gasteiger charge is 2.24. The van der Waals surface area contributed by atoms with Gasteiger partial charge in [0.2, 0.25) is 5.91 Å². The highest BCUT2D eigenvalue weighted by Crippen LogP contribution is 2.31. The molecular formula is C20H22ClFN2O. The van der Waals surface area contributed by atoms with Gasteiger partial charge in [-0.2, -0.15) is 0 Å². The number of rotatable bonds is 6. The van der Waals surface area contributed by atoms with Gasteiger partial charge in [0.15, 0.2) is 0 Å². The molecule has 1 aliphatic heterocycles. The van der Waals surface area contributed by atoms with Crippen LogP contribution in [0.25, 0.3) is 0 Å². The number of benzene rings is 2. The second kappa shape index (κ2) is 7.87. The Kier molecular flexibility index (Phi) is 5.59. The third kappa shape index (κ3) is 4.31. The van der Waals surface area contributed by atoms with Gasteiger partial charge in [0, 0.05) is 29.8 Å². The maximum atomic E-state index is 13.7. The number of anilines is 1. The molecule has 3 rings (SSSR count). The predicted octanol–water partition coefficient (Wildman–Crippen LogP) is 3.98. The molecule has 0 aromatic heterocycles. The van der Waals surface area contributed by atoms with E-state index in [2.05, 4.69) is 41.4 Å². The average Bonchev–Trinajstić information content (AvgIpc) is 2.90. The van der Waals surface area contributed by atoms with Crippen molar-refractivity contribution in [1.82, 2.24) is 5.32 Å². The fourth-order valence-corrected chi connectivity index (χ4v) is 3.51. The van der Waals surface area contributed by atoms with E-state index >= 15 is 0 Å². The van der Waals surface area contributed by atoms with Gasteiger partial charge < -0.3 is 10.2 Å². The summed E-state index contributed by atoms with van der Waals surface area (Å²) in [6, 6.07) is 13.3. The molecule has 1 heterocycles. The molecule has 0 saturated carbocycles. The Morgan fingerprint density at radius 2 is 2.12 bits per heavy atom. The Labute approximate surface area is 152 Å². The monoisotopic (exact) mass is 360 g/mol. The number of hydrogen-bond donors (Lipinski definition) is 1. The van der Waals surface area contributed by atoms with Crippen molar-refractivity contribution in [2.45, 2.75) is 32.2 Å². The Bertz CT molecular complexity index is 765. The van der Waals surface area contributed by atoms with Gasteiger partial charge in [-0.25, -0.2) is 4.39 Å². The van der Waals surface area contributed by atoms with Crippen molar-refractivity contribution in [3.05, 3.63) is 64.4 Å². The lowest BCUT2D eigenvalue weighted by Gasteiger charge is -2.24. The highest BCUT2D eigenvalue weighted by molar-refractivity contribution is 6.30. The number of nitrogens with one attached hydrogen (secondary N) is 1. The number of amides is 1. The summed E-state index contributed by atoms with van der Waals surface area (Å²) >= 11 is 5.72. The van der Waals surface area contributed by atoms with Crippen LogP contribution in [-0.2, 0) is 17.6 Å². The zero-order valence-electron chi connectivity index (χ0n) is 14.3. The number of carbonyl (C=O) groups excluding carboxylic acids is 1. The summed E-state index contributed by atoms with van der Waals surface area (Å²) in [5, 5.41) is 3.21. The van der Waals surface area contributed by atoms with Crippen LogP contribution in [0.5, 0.6) is 0 Å². The van der Waals surface area contributed by atoms with Gasteiger partial charge in [-0.3, -0.25) is 4.79 Å². The Morgan fingerprint density at radius 3 is 2.92 bits per heavy atom. The molecule has 0 spiro atoms. The minimum Gasteiger partial charge on any atom is -0.368 e. The van der Waals surface area contributed by atoms with E-state index in [0.717, 1.165) is 19.4 Å². The summed E-state index contributed by atoms with van der Waals surface area (Å²) in [4.78, 5) is 14.4. The topological polar surface area (TPSA) is 32.3 Å². The van der Waals surface area contributed by atoms with Crippen LogP contribution in [0, 0.1) is 5.82 Å². The first-order chi connectivity index (χ1) is 12.0. The van der Waals surface area contributed by atoms with E-state index in [1.54, 1.807) is 12.1 Å². The van der Waals surface area contributed by atoms with Crippen molar-refractivity contribution in [3.63, 3.8) is 0 Å². The van der Waals surface area contributed by atoms with Gasteiger partial charge in [0.1, 0.15) is 5.82 Å². The van der Waals surface area contributed by atoms with E-state index in [0.29, 0.717) is 23.2 Å². The first-order valence-corrected chi connectivity index (χ1v) is 8.97. The maximum absolute atomic E-state index is 13.7. The lowest BCUT2D eigenvalue weighted by molar-refractivity contribution is -0.120. The van der Waals surface area contributed by atoms with Crippen molar-refractivity contribution < 1.29 is 9.18 Å². The number of fused-ring (bicyclic) bond motifs is 1. The summed E-state index contributed by atoms with van der Waals surface area (Å²) in [5.41, 5.74) is 3.05. The largest absolute Gasteiger partial charge is 0.368 e. The normalized spacial score (nSPS) is 16.0. The standard InChI is InChI=1S/C20H22ClFN2O/c1-14-11-16-5-2-3-6-19(16)24(14)10-4-9-23-20(25)12-15-7-8-17(21)13-18(15)22/h2-3,5-8,13-14H,4,9-12H2,1H3,(H,23,25). The molecule has 0 aliphatic carbocycles. The second-order valence-electron chi connectivity index (χ2n) is 6.49. The first kappa shape index (κ1) is 17.7. The van der Waals surface area contributed by atoms with Crippen LogP contribution in [0.3, 0.4) is 0 Å². The van der Waals surface area contributed by atoms with E-state index in [-0.39, 0.29) is 12.3 Å². The third-order valence-electron chi connectivity index (χ3n) is 4.61. The van der Waals surface area contributed by atoms with Crippen molar-refractivity contribution in [3.8, 4) is 0 Å². The van der Waals surface area contributed by atoms with Crippen molar-refractivity contribution >= 4 is 23.2 Å². The SMILES string of the molecule is CC1Cc2ccccc2N1CCCNC(=O)Cc1ccc(Cl)cc1F. The molecule has 0 saturated heterocycles. The molecule has 1 amide bonds. The number of carbonyl (C=O) groups is 1. The highest BCUT2D eigenvalue weighted by atomic mass is 35.5. The van der Waals surface area contributed by atoms with E-state index in [1.165, 1.54) is 17.3 Å². The number of halogens is 2. The molecule has 3 nitrogen and oxygen atoms in total. The Morgan fingerprint density at radius 1 is 1.32 bits per heavy atom. The molecule has 2 aromatic carbocycles. The van der Waals surface area contributed by atoms with Gasteiger partial charge in [0.25, 0.3) is 0 Å². The van der Waals surface area contributed by atoms with Crippen LogP contribution >= 0.6 is 11.6 Å². The Balaban J connectivity index is 1.45. The van der Waals surface area contributed by atoms with Crippen LogP contribution in [0.15, 0.2) is 42.5 Å². The molecule has 5 heteroatoms. The van der Waals surface area contributed by atoms with Crippen LogP contribution < -0.4 is 10.2 Å². The van der Waals surface area contributed by atoms with Crippen molar-refractivity contribution in [2.24, 2.45) is 0 Å². The second-order valence-corrected chi connectivity index (χ2v) is 6.93. The van der Waals surface area contributed by atoms with Crippen LogP contribution in [-0.4, -0.2) is 25.0 Å². The number of para-hydroxylation sites is 1. The summed E-state index contributed by atoms with van der Waals surface area (Å²) in [6.45, 7) is 3.70. The van der Waals surface area contributed by atoms with Crippen LogP contribution in [0.2, 0.25) is 5.02 Å². The summed E-state index contributed by atoms with van der Waals surface area (Å²) in [7, 11) is 0. The van der Waals surface area contributed by atoms with E-state index in [4.69, 9.17) is 11.6 Å². The van der Waals surface area contributed by atoms with Crippen LogP contribution in [0.4, 0.5) is 10.1 Å². The fourth-order valence-electron chi connectivity index (χ4n) is 3.35. The molecule has 1 unspecified atom stereocenters. The van der Waals surface area contributed by atoms with E-state index < -0.39 is 5.82 Å². The van der Waals surface area contributed by atoms with Gasteiger partial charge in [0.05, 0.1) is 6.42 Å². The molecule has 1 aliphatic rings. The smallest absolute Gasteiger partial charge is 0.224 e. The Hall–Kier alpha value is -2.07. The minimum absolute atomic E-state index is 0.0337. The minimum atomic E-state index is -0.440. The molecule has 0 bridgehead atoms. The zero-order chi connectivity index (χ0) is 17.8. The predicted molar refractivity (Wildman–Crippen MR) is 99.7 cm³/mol. The van der Waals surface area contributed by atoms with Gasteiger partial charge in [-0.05, 0) is 49.1 Å². The number of hydrogen-bond acceptors (Lipinski definition) is 2. The molecule has 0 fully saturated rings. The van der Waals surface area contributed by atoms with Crippen LogP contribution in [0.1, 0.15) is 24.5 Å². The molecule has 2 aromatic rings. The number of nitrogens with zero attached hydrogens (tertiary/aromatic N) is 1. The molecule has 1 N–H and O–H groups in total. The summed E-state index contributed by atoms with van der Waals surface area (Å²) < 4.78 is 13.7.